The SMILES string of the molecule is CN(Cc1ccc(N(C)C)cc1)C(=O)COC(=O)c1cccnc1SC(F)F. The molecule has 1 aromatic heterocycles. The highest BCUT2D eigenvalue weighted by molar-refractivity contribution is 7.99. The van der Waals surface area contributed by atoms with Crippen molar-refractivity contribution in [2.24, 2.45) is 0 Å². The zero-order valence-corrected chi connectivity index (χ0v) is 16.6. The summed E-state index contributed by atoms with van der Waals surface area (Å²) in [6.45, 7) is -0.137. The van der Waals surface area contributed by atoms with Crippen LogP contribution in [-0.2, 0) is 16.1 Å². The van der Waals surface area contributed by atoms with Gasteiger partial charge >= 0.3 is 5.97 Å². The summed E-state index contributed by atoms with van der Waals surface area (Å²) in [5.74, 6) is -3.99. The molecule has 2 rings (SSSR count). The lowest BCUT2D eigenvalue weighted by atomic mass is 10.2. The number of aromatic nitrogens is 1. The van der Waals surface area contributed by atoms with E-state index in [1.807, 2.05) is 43.3 Å². The van der Waals surface area contributed by atoms with E-state index in [0.29, 0.717) is 6.54 Å². The summed E-state index contributed by atoms with van der Waals surface area (Å²) in [5.41, 5.74) is 1.87. The van der Waals surface area contributed by atoms with Crippen LogP contribution in [0.2, 0.25) is 0 Å². The fourth-order valence-corrected chi connectivity index (χ4v) is 2.87. The molecule has 0 aliphatic carbocycles. The summed E-state index contributed by atoms with van der Waals surface area (Å²) >= 11 is 0.155. The number of likely N-dealkylation sites (N-methyl/N-ethyl adjacent to an activating group) is 1. The molecule has 1 heterocycles. The average Bonchev–Trinajstić information content (AvgIpc) is 2.66. The molecule has 0 aliphatic heterocycles. The van der Waals surface area contributed by atoms with E-state index in [1.54, 1.807) is 7.05 Å². The molecular formula is C19H21F2N3O3S. The predicted octanol–water partition coefficient (Wildman–Crippen LogP) is 3.28. The number of amides is 1. The lowest BCUT2D eigenvalue weighted by molar-refractivity contribution is -0.133. The van der Waals surface area contributed by atoms with Crippen LogP contribution in [0.25, 0.3) is 0 Å². The minimum absolute atomic E-state index is 0.0949. The third-order valence-corrected chi connectivity index (χ3v) is 4.54. The van der Waals surface area contributed by atoms with Crippen molar-refractivity contribution in [2.45, 2.75) is 17.3 Å². The first kappa shape index (κ1) is 21.6. The van der Waals surface area contributed by atoms with Gasteiger partial charge in [-0.3, -0.25) is 4.79 Å². The molecule has 6 nitrogen and oxygen atoms in total. The molecular weight excluding hydrogens is 388 g/mol. The van der Waals surface area contributed by atoms with E-state index in [1.165, 1.54) is 23.2 Å². The van der Waals surface area contributed by atoms with Crippen LogP contribution in [0.1, 0.15) is 15.9 Å². The monoisotopic (exact) mass is 409 g/mol. The summed E-state index contributed by atoms with van der Waals surface area (Å²) in [4.78, 5) is 31.5. The Kier molecular flexibility index (Phi) is 7.74. The zero-order valence-electron chi connectivity index (χ0n) is 15.8. The number of halogens is 2. The topological polar surface area (TPSA) is 62.7 Å². The van der Waals surface area contributed by atoms with E-state index in [0.717, 1.165) is 11.3 Å². The molecule has 0 unspecified atom stereocenters. The molecule has 9 heteroatoms. The Balaban J connectivity index is 1.91. The molecule has 0 fully saturated rings. The van der Waals surface area contributed by atoms with Gasteiger partial charge in [-0.05, 0) is 41.6 Å². The van der Waals surface area contributed by atoms with Gasteiger partial charge in [-0.1, -0.05) is 12.1 Å². The summed E-state index contributed by atoms with van der Waals surface area (Å²) in [7, 11) is 5.47. The molecule has 1 aromatic carbocycles. The maximum atomic E-state index is 12.6. The minimum Gasteiger partial charge on any atom is -0.452 e. The molecule has 28 heavy (non-hydrogen) atoms. The molecule has 0 saturated heterocycles. The van der Waals surface area contributed by atoms with Crippen molar-refractivity contribution < 1.29 is 23.1 Å². The number of alkyl halides is 2. The van der Waals surface area contributed by atoms with Crippen LogP contribution in [0, 0.1) is 0 Å². The number of nitrogens with zero attached hydrogens (tertiary/aromatic N) is 3. The number of hydrogen-bond acceptors (Lipinski definition) is 6. The highest BCUT2D eigenvalue weighted by Crippen LogP contribution is 2.26. The van der Waals surface area contributed by atoms with Crippen molar-refractivity contribution in [3.63, 3.8) is 0 Å². The number of carbonyl (C=O) groups excluding carboxylic acids is 2. The lowest BCUT2D eigenvalue weighted by Crippen LogP contribution is -2.31. The Bertz CT molecular complexity index is 816. The quantitative estimate of drug-likeness (QED) is 0.493. The van der Waals surface area contributed by atoms with Crippen molar-refractivity contribution in [1.82, 2.24) is 9.88 Å². The number of pyridine rings is 1. The smallest absolute Gasteiger partial charge is 0.341 e. The Morgan fingerprint density at radius 1 is 1.14 bits per heavy atom. The minimum atomic E-state index is -2.71. The van der Waals surface area contributed by atoms with Crippen molar-refractivity contribution in [3.05, 3.63) is 53.7 Å². The Labute approximate surface area is 166 Å². The fraction of sp³-hybridized carbons (Fsp3) is 0.316. The molecule has 0 atom stereocenters. The molecule has 0 radical (unpaired) electrons. The Morgan fingerprint density at radius 2 is 1.82 bits per heavy atom. The van der Waals surface area contributed by atoms with Gasteiger partial charge in [-0.15, -0.1) is 0 Å². The van der Waals surface area contributed by atoms with Gasteiger partial charge in [0.25, 0.3) is 11.7 Å². The summed E-state index contributed by atoms with van der Waals surface area (Å²) in [5, 5.41) is -0.135. The normalized spacial score (nSPS) is 10.6. The maximum absolute atomic E-state index is 12.6. The van der Waals surface area contributed by atoms with Gasteiger partial charge in [0.2, 0.25) is 0 Å². The average molecular weight is 409 g/mol. The van der Waals surface area contributed by atoms with Crippen LogP contribution in [0.4, 0.5) is 14.5 Å². The molecule has 150 valence electrons. The zero-order chi connectivity index (χ0) is 20.7. The van der Waals surface area contributed by atoms with Crippen LogP contribution in [0.5, 0.6) is 0 Å². The second-order valence-electron chi connectivity index (χ2n) is 6.12. The highest BCUT2D eigenvalue weighted by Gasteiger charge is 2.19. The van der Waals surface area contributed by atoms with E-state index in [2.05, 4.69) is 4.98 Å². The highest BCUT2D eigenvalue weighted by atomic mass is 32.2. The number of thioether (sulfide) groups is 1. The van der Waals surface area contributed by atoms with Gasteiger partial charge in [-0.2, -0.15) is 8.78 Å². The van der Waals surface area contributed by atoms with Crippen molar-refractivity contribution in [2.75, 3.05) is 32.6 Å². The van der Waals surface area contributed by atoms with E-state index in [-0.39, 0.29) is 22.4 Å². The molecule has 0 aliphatic rings. The van der Waals surface area contributed by atoms with Gasteiger partial charge in [-0.25, -0.2) is 9.78 Å². The standard InChI is InChI=1S/C19H21F2N3O3S/c1-23(2)14-8-6-13(7-9-14)11-24(3)16(25)12-27-18(26)15-5-4-10-22-17(15)28-19(20)21/h4-10,19H,11-12H2,1-3H3. The van der Waals surface area contributed by atoms with Crippen molar-refractivity contribution in [3.8, 4) is 0 Å². The lowest BCUT2D eigenvalue weighted by Gasteiger charge is -2.18. The second kappa shape index (κ2) is 10.0. The van der Waals surface area contributed by atoms with Crippen LogP contribution in [0.3, 0.4) is 0 Å². The van der Waals surface area contributed by atoms with Gasteiger partial charge in [0.05, 0.1) is 5.56 Å². The summed E-state index contributed by atoms with van der Waals surface area (Å²) in [6, 6.07) is 10.5. The second-order valence-corrected chi connectivity index (χ2v) is 7.10. The summed E-state index contributed by atoms with van der Waals surface area (Å²) in [6.07, 6.45) is 1.31. The first-order valence-electron chi connectivity index (χ1n) is 8.35. The Hall–Kier alpha value is -2.68. The van der Waals surface area contributed by atoms with Crippen molar-refractivity contribution >= 4 is 29.3 Å². The number of anilines is 1. The van der Waals surface area contributed by atoms with Crippen LogP contribution < -0.4 is 4.90 Å². The van der Waals surface area contributed by atoms with Gasteiger partial charge in [0.15, 0.2) is 6.61 Å². The van der Waals surface area contributed by atoms with E-state index >= 15 is 0 Å². The molecule has 0 bridgehead atoms. The molecule has 0 N–H and O–H groups in total. The van der Waals surface area contributed by atoms with Gasteiger partial charge < -0.3 is 14.5 Å². The first-order valence-corrected chi connectivity index (χ1v) is 9.23. The number of hydrogen-bond donors (Lipinski definition) is 0. The fourth-order valence-electron chi connectivity index (χ4n) is 2.30. The number of esters is 1. The van der Waals surface area contributed by atoms with Crippen molar-refractivity contribution in [1.29, 1.82) is 0 Å². The largest absolute Gasteiger partial charge is 0.452 e. The number of rotatable bonds is 8. The van der Waals surface area contributed by atoms with Crippen LogP contribution >= 0.6 is 11.8 Å². The van der Waals surface area contributed by atoms with Gasteiger partial charge in [0, 0.05) is 39.6 Å². The third-order valence-electron chi connectivity index (χ3n) is 3.82. The van der Waals surface area contributed by atoms with Crippen LogP contribution in [-0.4, -0.2) is 55.3 Å². The van der Waals surface area contributed by atoms with Gasteiger partial charge in [0.1, 0.15) is 5.03 Å². The number of ether oxygens (including phenoxy) is 1. The molecule has 1 amide bonds. The van der Waals surface area contributed by atoms with Crippen LogP contribution in [0.15, 0.2) is 47.6 Å². The molecule has 0 spiro atoms. The maximum Gasteiger partial charge on any atom is 0.341 e. The molecule has 0 saturated carbocycles. The van der Waals surface area contributed by atoms with E-state index in [4.69, 9.17) is 4.74 Å². The molecule has 2 aromatic rings. The van der Waals surface area contributed by atoms with E-state index < -0.39 is 24.2 Å². The summed E-state index contributed by atoms with van der Waals surface area (Å²) < 4.78 is 30.1. The first-order chi connectivity index (χ1) is 13.3. The number of benzene rings is 1. The van der Waals surface area contributed by atoms with E-state index in [9.17, 15) is 18.4 Å². The Morgan fingerprint density at radius 3 is 2.43 bits per heavy atom. The third kappa shape index (κ3) is 6.19. The predicted molar refractivity (Wildman–Crippen MR) is 104 cm³/mol. The number of carbonyl (C=O) groups is 2.